The molecule has 1 fully saturated rings. The van der Waals surface area contributed by atoms with Crippen LogP contribution in [0.3, 0.4) is 0 Å². The van der Waals surface area contributed by atoms with Crippen molar-refractivity contribution in [3.63, 3.8) is 0 Å². The number of ether oxygens (including phenoxy) is 1. The molecule has 0 amide bonds. The molecule has 2 aliphatic rings. The van der Waals surface area contributed by atoms with Crippen molar-refractivity contribution >= 4 is 5.96 Å². The van der Waals surface area contributed by atoms with Gasteiger partial charge in [0.1, 0.15) is 0 Å². The molecule has 0 atom stereocenters. The Balaban J connectivity index is 1.52. The maximum absolute atomic E-state index is 5.36. The summed E-state index contributed by atoms with van der Waals surface area (Å²) < 4.78 is 5.36. The van der Waals surface area contributed by atoms with E-state index in [1.165, 1.54) is 36.8 Å². The molecule has 0 unspecified atom stereocenters. The molecule has 136 valence electrons. The Morgan fingerprint density at radius 3 is 2.64 bits per heavy atom. The van der Waals surface area contributed by atoms with E-state index in [2.05, 4.69) is 52.0 Å². The second-order valence-corrected chi connectivity index (χ2v) is 7.14. The lowest BCUT2D eigenvalue weighted by atomic mass is 9.79. The van der Waals surface area contributed by atoms with E-state index >= 15 is 0 Å². The van der Waals surface area contributed by atoms with Crippen molar-refractivity contribution in [2.75, 3.05) is 33.4 Å². The fraction of sp³-hybridized carbons (Fsp3) is 0.571. The maximum atomic E-state index is 5.36. The summed E-state index contributed by atoms with van der Waals surface area (Å²) in [7, 11) is 1.85. The second-order valence-electron chi connectivity index (χ2n) is 7.14. The molecule has 1 heterocycles. The van der Waals surface area contributed by atoms with Crippen LogP contribution in [0.2, 0.25) is 0 Å². The number of guanidine groups is 1. The van der Waals surface area contributed by atoms with Crippen LogP contribution in [-0.4, -0.2) is 39.3 Å². The molecule has 25 heavy (non-hydrogen) atoms. The lowest BCUT2D eigenvalue weighted by Crippen LogP contribution is -2.45. The average molecular weight is 341 g/mol. The van der Waals surface area contributed by atoms with E-state index in [4.69, 9.17) is 4.74 Å². The number of benzene rings is 1. The van der Waals surface area contributed by atoms with Crippen molar-refractivity contribution in [3.05, 3.63) is 47.5 Å². The summed E-state index contributed by atoms with van der Waals surface area (Å²) in [5, 5.41) is 7.05. The first-order valence-corrected chi connectivity index (χ1v) is 9.58. The summed E-state index contributed by atoms with van der Waals surface area (Å²) in [6, 6.07) is 11.0. The molecular weight excluding hydrogens is 310 g/mol. The Morgan fingerprint density at radius 1 is 1.16 bits per heavy atom. The Morgan fingerprint density at radius 2 is 1.96 bits per heavy atom. The lowest BCUT2D eigenvalue weighted by molar-refractivity contribution is 0.153. The molecule has 1 aliphatic heterocycles. The molecular formula is C21H31N3O. The minimum absolute atomic E-state index is 0.252. The zero-order chi connectivity index (χ0) is 17.4. The van der Waals surface area contributed by atoms with Crippen LogP contribution in [0.5, 0.6) is 0 Å². The Bertz CT molecular complexity index is 588. The number of aliphatic imine (C=N–C) groups is 1. The normalized spacial score (nSPS) is 20.2. The molecule has 1 aromatic carbocycles. The molecule has 0 radical (unpaired) electrons. The number of rotatable bonds is 6. The van der Waals surface area contributed by atoms with Gasteiger partial charge < -0.3 is 15.4 Å². The molecule has 0 saturated heterocycles. The van der Waals surface area contributed by atoms with Gasteiger partial charge in [0, 0.05) is 25.6 Å². The summed E-state index contributed by atoms with van der Waals surface area (Å²) in [6.45, 7) is 3.50. The minimum atomic E-state index is 0.252. The number of hydrogen-bond acceptors (Lipinski definition) is 2. The SMILES string of the molecule is CN=C(NCCC1=CCOCC1)NCC1(c2ccccc2)CCCC1. The molecule has 1 aliphatic carbocycles. The van der Waals surface area contributed by atoms with E-state index in [0.717, 1.165) is 45.1 Å². The fourth-order valence-electron chi connectivity index (χ4n) is 4.02. The van der Waals surface area contributed by atoms with E-state index in [1.54, 1.807) is 0 Å². The average Bonchev–Trinajstić information content (AvgIpc) is 3.16. The van der Waals surface area contributed by atoms with Gasteiger partial charge in [0.2, 0.25) is 0 Å². The summed E-state index contributed by atoms with van der Waals surface area (Å²) in [4.78, 5) is 4.41. The third kappa shape index (κ3) is 4.85. The predicted molar refractivity (Wildman–Crippen MR) is 104 cm³/mol. The quantitative estimate of drug-likeness (QED) is 0.473. The summed E-state index contributed by atoms with van der Waals surface area (Å²) in [5.74, 6) is 0.912. The van der Waals surface area contributed by atoms with E-state index in [1.807, 2.05) is 7.05 Å². The van der Waals surface area contributed by atoms with Crippen LogP contribution >= 0.6 is 0 Å². The number of nitrogens with zero attached hydrogens (tertiary/aromatic N) is 1. The minimum Gasteiger partial charge on any atom is -0.377 e. The monoisotopic (exact) mass is 341 g/mol. The number of hydrogen-bond donors (Lipinski definition) is 2. The summed E-state index contributed by atoms with van der Waals surface area (Å²) >= 11 is 0. The third-order valence-corrected chi connectivity index (χ3v) is 5.56. The lowest BCUT2D eigenvalue weighted by Gasteiger charge is -2.31. The van der Waals surface area contributed by atoms with Crippen LogP contribution in [0.1, 0.15) is 44.1 Å². The highest BCUT2D eigenvalue weighted by Crippen LogP contribution is 2.40. The molecule has 0 bridgehead atoms. The van der Waals surface area contributed by atoms with Crippen LogP contribution in [0.25, 0.3) is 0 Å². The highest BCUT2D eigenvalue weighted by atomic mass is 16.5. The molecule has 4 heteroatoms. The highest BCUT2D eigenvalue weighted by Gasteiger charge is 2.35. The first-order valence-electron chi connectivity index (χ1n) is 9.58. The van der Waals surface area contributed by atoms with Gasteiger partial charge in [-0.15, -0.1) is 0 Å². The van der Waals surface area contributed by atoms with E-state index in [9.17, 15) is 0 Å². The smallest absolute Gasteiger partial charge is 0.191 e. The van der Waals surface area contributed by atoms with Gasteiger partial charge in [-0.05, 0) is 31.2 Å². The van der Waals surface area contributed by atoms with Gasteiger partial charge >= 0.3 is 0 Å². The first kappa shape index (κ1) is 18.0. The Hall–Kier alpha value is -1.81. The van der Waals surface area contributed by atoms with Crippen molar-refractivity contribution < 1.29 is 4.74 Å². The van der Waals surface area contributed by atoms with Crippen LogP contribution in [0, 0.1) is 0 Å². The van der Waals surface area contributed by atoms with Crippen molar-refractivity contribution in [1.29, 1.82) is 0 Å². The standard InChI is InChI=1S/C21H31N3O/c1-22-20(23-14-9-18-10-15-25-16-11-18)24-17-21(12-5-6-13-21)19-7-3-2-4-8-19/h2-4,7-8,10H,5-6,9,11-17H2,1H3,(H2,22,23,24). The van der Waals surface area contributed by atoms with Crippen molar-refractivity contribution in [2.24, 2.45) is 4.99 Å². The van der Waals surface area contributed by atoms with Gasteiger partial charge in [-0.3, -0.25) is 4.99 Å². The van der Waals surface area contributed by atoms with E-state index in [-0.39, 0.29) is 5.41 Å². The fourth-order valence-corrected chi connectivity index (χ4v) is 4.02. The topological polar surface area (TPSA) is 45.7 Å². The summed E-state index contributed by atoms with van der Waals surface area (Å²) in [5.41, 5.74) is 3.20. The predicted octanol–water partition coefficient (Wildman–Crippen LogP) is 3.40. The number of nitrogens with one attached hydrogen (secondary N) is 2. The van der Waals surface area contributed by atoms with Crippen molar-refractivity contribution in [1.82, 2.24) is 10.6 Å². The summed E-state index contributed by atoms with van der Waals surface area (Å²) in [6.07, 6.45) is 9.49. The van der Waals surface area contributed by atoms with Gasteiger partial charge in [0.15, 0.2) is 5.96 Å². The molecule has 0 aromatic heterocycles. The zero-order valence-electron chi connectivity index (χ0n) is 15.4. The molecule has 4 nitrogen and oxygen atoms in total. The van der Waals surface area contributed by atoms with Gasteiger partial charge in [-0.1, -0.05) is 54.8 Å². The van der Waals surface area contributed by atoms with Gasteiger partial charge in [0.05, 0.1) is 13.2 Å². The van der Waals surface area contributed by atoms with Gasteiger partial charge in [0.25, 0.3) is 0 Å². The molecule has 0 spiro atoms. The maximum Gasteiger partial charge on any atom is 0.191 e. The van der Waals surface area contributed by atoms with Crippen molar-refractivity contribution in [3.8, 4) is 0 Å². The van der Waals surface area contributed by atoms with Crippen molar-refractivity contribution in [2.45, 2.75) is 43.9 Å². The highest BCUT2D eigenvalue weighted by molar-refractivity contribution is 5.79. The van der Waals surface area contributed by atoms with Gasteiger partial charge in [-0.25, -0.2) is 0 Å². The van der Waals surface area contributed by atoms with E-state index in [0.29, 0.717) is 0 Å². The van der Waals surface area contributed by atoms with Gasteiger partial charge in [-0.2, -0.15) is 0 Å². The molecule has 1 saturated carbocycles. The van der Waals surface area contributed by atoms with Crippen LogP contribution in [-0.2, 0) is 10.2 Å². The molecule has 2 N–H and O–H groups in total. The Labute approximate surface area is 151 Å². The molecule has 3 rings (SSSR count). The second kappa shape index (κ2) is 9.04. The van der Waals surface area contributed by atoms with Crippen LogP contribution in [0.4, 0.5) is 0 Å². The first-order chi connectivity index (χ1) is 12.3. The van der Waals surface area contributed by atoms with E-state index < -0.39 is 0 Å². The molecule has 1 aromatic rings. The van der Waals surface area contributed by atoms with Crippen LogP contribution < -0.4 is 10.6 Å². The van der Waals surface area contributed by atoms with Crippen LogP contribution in [0.15, 0.2) is 47.0 Å². The zero-order valence-corrected chi connectivity index (χ0v) is 15.4. The largest absolute Gasteiger partial charge is 0.377 e. The Kier molecular flexibility index (Phi) is 6.51. The third-order valence-electron chi connectivity index (χ3n) is 5.56.